The molecule has 3 aliphatic rings. The fourth-order valence-electron chi connectivity index (χ4n) is 7.00. The Labute approximate surface area is 367 Å². The first-order valence-corrected chi connectivity index (χ1v) is 22.5. The van der Waals surface area contributed by atoms with Gasteiger partial charge in [-0.25, -0.2) is 0 Å². The van der Waals surface area contributed by atoms with Crippen LogP contribution in [0.3, 0.4) is 0 Å². The number of unbranched alkanes of at least 4 members (excludes halogenated alkanes) is 1. The number of ether oxygens (including phenoxy) is 4. The number of methoxy groups -OCH3 is 1. The van der Waals surface area contributed by atoms with Gasteiger partial charge >= 0.3 is 5.97 Å². The predicted octanol–water partition coefficient (Wildman–Crippen LogP) is 7.91. The molecule has 0 spiro atoms. The van der Waals surface area contributed by atoms with Crippen LogP contribution < -0.4 is 5.73 Å². The lowest BCUT2D eigenvalue weighted by molar-refractivity contribution is -0.173. The van der Waals surface area contributed by atoms with Gasteiger partial charge in [0.2, 0.25) is 0 Å². The molecule has 0 radical (unpaired) electrons. The van der Waals surface area contributed by atoms with Crippen LogP contribution in [0.15, 0.2) is 4.99 Å². The highest BCUT2D eigenvalue weighted by atomic mass is 16.7. The second-order valence-corrected chi connectivity index (χ2v) is 15.0. The van der Waals surface area contributed by atoms with Crippen molar-refractivity contribution in [1.29, 1.82) is 0 Å². The van der Waals surface area contributed by atoms with Crippen molar-refractivity contribution in [2.45, 2.75) is 191 Å². The van der Waals surface area contributed by atoms with E-state index in [1.807, 2.05) is 34.6 Å². The molecule has 0 saturated carbocycles. The van der Waals surface area contributed by atoms with Gasteiger partial charge in [0, 0.05) is 55.5 Å². The van der Waals surface area contributed by atoms with Crippen LogP contribution in [0.2, 0.25) is 0 Å². The number of aliphatic hydroxyl groups is 3. The Morgan fingerprint density at radius 1 is 0.833 bits per heavy atom. The molecule has 15 heteroatoms. The number of hydrogen-bond acceptors (Lipinski definition) is 14. The second kappa shape index (κ2) is 49.5. The van der Waals surface area contributed by atoms with Crippen LogP contribution in [0.5, 0.6) is 0 Å². The van der Waals surface area contributed by atoms with Crippen molar-refractivity contribution >= 4 is 18.2 Å². The van der Waals surface area contributed by atoms with Gasteiger partial charge in [-0.15, -0.1) is 0 Å². The van der Waals surface area contributed by atoms with Crippen LogP contribution in [0.1, 0.15) is 154 Å². The summed E-state index contributed by atoms with van der Waals surface area (Å²) >= 11 is 0. The molecule has 0 bridgehead atoms. The Balaban J connectivity index is -0.000000175. The quantitative estimate of drug-likeness (QED) is 0.126. The zero-order chi connectivity index (χ0) is 48.2. The fraction of sp³-hybridized carbons (Fsp3) is 0.933. The molecular weight excluding hydrogens is 775 g/mol. The van der Waals surface area contributed by atoms with E-state index in [1.54, 1.807) is 14.0 Å². The Bertz CT molecular complexity index is 918. The SMILES string of the molecule is CC.CC.CC1CCOC(C)C1.CCCCN(C)C1CC(C)OC(O)C1.CCN=C1C(C)C[C@@H](C)COC(=O)C(C)[C@@H](O)CCC(OC)C[C@H]1C.CN.CO.O=CO.O=O. The minimum absolute atomic E-state index is 0.0579. The zero-order valence-corrected chi connectivity index (χ0v) is 41.4. The van der Waals surface area contributed by atoms with Gasteiger partial charge < -0.3 is 50.0 Å². The molecule has 15 nitrogen and oxygen atoms in total. The number of nitrogens with two attached hydrogens (primary N) is 1. The van der Waals surface area contributed by atoms with Crippen molar-refractivity contribution < 1.29 is 49.0 Å². The molecule has 0 aromatic heterocycles. The third-order valence-electron chi connectivity index (χ3n) is 10.0. The van der Waals surface area contributed by atoms with Crippen LogP contribution in [-0.2, 0) is 28.5 Å². The number of carboxylic acid groups (broad SMARTS) is 1. The van der Waals surface area contributed by atoms with Gasteiger partial charge in [0.15, 0.2) is 6.29 Å². The van der Waals surface area contributed by atoms with Gasteiger partial charge in [0.1, 0.15) is 0 Å². The summed E-state index contributed by atoms with van der Waals surface area (Å²) in [6, 6.07) is 0.486. The van der Waals surface area contributed by atoms with Crippen LogP contribution >= 0.6 is 0 Å². The van der Waals surface area contributed by atoms with Gasteiger partial charge in [-0.2, -0.15) is 0 Å². The highest BCUT2D eigenvalue weighted by Gasteiger charge is 2.29. The van der Waals surface area contributed by atoms with E-state index in [0.717, 1.165) is 64.8 Å². The molecule has 0 amide bonds. The van der Waals surface area contributed by atoms with Crippen molar-refractivity contribution in [1.82, 2.24) is 4.90 Å². The molecule has 11 atom stereocenters. The highest BCUT2D eigenvalue weighted by Crippen LogP contribution is 2.26. The summed E-state index contributed by atoms with van der Waals surface area (Å²) in [6.07, 6.45) is 9.35. The number of esters is 1. The summed E-state index contributed by atoms with van der Waals surface area (Å²) in [5, 5.41) is 33.7. The van der Waals surface area contributed by atoms with E-state index in [-0.39, 0.29) is 30.6 Å². The van der Waals surface area contributed by atoms with E-state index in [1.165, 1.54) is 38.4 Å². The maximum atomic E-state index is 12.2. The summed E-state index contributed by atoms with van der Waals surface area (Å²) < 4.78 is 21.7. The average molecular weight is 872 g/mol. The minimum Gasteiger partial charge on any atom is -0.483 e. The Morgan fingerprint density at radius 2 is 1.37 bits per heavy atom. The van der Waals surface area contributed by atoms with Gasteiger partial charge in [0.05, 0.1) is 36.9 Å². The van der Waals surface area contributed by atoms with Crippen molar-refractivity contribution in [2.24, 2.45) is 40.3 Å². The molecule has 0 aromatic carbocycles. The van der Waals surface area contributed by atoms with Crippen molar-refractivity contribution in [3.63, 3.8) is 0 Å². The first-order valence-electron chi connectivity index (χ1n) is 22.5. The van der Waals surface area contributed by atoms with Gasteiger partial charge in [-0.1, -0.05) is 68.7 Å². The van der Waals surface area contributed by atoms with Crippen LogP contribution in [-0.4, -0.2) is 135 Å². The van der Waals surface area contributed by atoms with Crippen LogP contribution in [0.25, 0.3) is 0 Å². The van der Waals surface area contributed by atoms with Gasteiger partial charge in [-0.05, 0) is 123 Å². The lowest BCUT2D eigenvalue weighted by Crippen LogP contribution is -2.43. The summed E-state index contributed by atoms with van der Waals surface area (Å²) in [7, 11) is 6.36. The van der Waals surface area contributed by atoms with E-state index >= 15 is 0 Å². The molecule has 6 N–H and O–H groups in total. The van der Waals surface area contributed by atoms with E-state index in [2.05, 4.69) is 66.1 Å². The molecule has 60 heavy (non-hydrogen) atoms. The molecule has 3 rings (SSSR count). The normalized spacial score (nSPS) is 29.7. The average Bonchev–Trinajstić information content (AvgIpc) is 3.25. The van der Waals surface area contributed by atoms with Gasteiger partial charge in [-0.3, -0.25) is 14.6 Å². The molecule has 364 valence electrons. The number of nitrogens with zero attached hydrogens (tertiary/aromatic N) is 2. The number of rotatable bonds is 6. The van der Waals surface area contributed by atoms with Gasteiger partial charge in [0.25, 0.3) is 6.47 Å². The number of aliphatic imine (C=N–C) groups is 1. The van der Waals surface area contributed by atoms with Crippen molar-refractivity contribution in [3.05, 3.63) is 9.93 Å². The number of aliphatic hydroxyl groups excluding tert-OH is 3. The third-order valence-corrected chi connectivity index (χ3v) is 10.0. The standard InChI is InChI=1S/C20H37NO4.C11H23NO2.C7H14O.2C2H6.CH5N.CH2O2.CH4O.O2/c1-7-21-19-14(3)10-13(2)12-25-20(23)16(5)18(22)9-8-17(24-6)11-15(19)4;1-4-5-6-12(3)10-7-9(2)14-11(13)8-10;1-6-3-4-8-7(2)5-6;3*1-2;2-1-3;2*1-2/h13-18,22H,7-12H2,1-6H3;9-11,13H,4-8H2,1-3H3;6-7H,3-5H2,1-2H3;2*1-2H3;2H2,1H3;1H,(H,2,3);2H,1H3;/t13-,14?,15-,16?,17?,18+;;;;;;;;/m1......../s1. The van der Waals surface area contributed by atoms with Crippen molar-refractivity contribution in [3.8, 4) is 0 Å². The van der Waals surface area contributed by atoms with E-state index in [0.29, 0.717) is 37.0 Å². The first kappa shape index (κ1) is 69.6. The molecule has 3 saturated heterocycles. The van der Waals surface area contributed by atoms with Crippen LogP contribution in [0, 0.1) is 39.5 Å². The van der Waals surface area contributed by atoms with E-state index in [4.69, 9.17) is 48.9 Å². The Hall–Kier alpha value is -2.11. The Morgan fingerprint density at radius 3 is 1.80 bits per heavy atom. The molecule has 3 aliphatic heterocycles. The monoisotopic (exact) mass is 872 g/mol. The number of carbonyl (C=O) groups excluding carboxylic acids is 1. The maximum Gasteiger partial charge on any atom is 0.311 e. The first-order chi connectivity index (χ1) is 28.6. The number of carbonyl (C=O) groups is 2. The predicted molar refractivity (Wildman–Crippen MR) is 248 cm³/mol. The molecular formula is C45H97N3O12. The summed E-state index contributed by atoms with van der Waals surface area (Å²) in [5.74, 6) is 1.03. The molecule has 3 heterocycles. The van der Waals surface area contributed by atoms with Crippen LogP contribution in [0.4, 0.5) is 0 Å². The maximum absolute atomic E-state index is 12.2. The molecule has 3 fully saturated rings. The summed E-state index contributed by atoms with van der Waals surface area (Å²) in [4.78, 5) is 41.6. The largest absolute Gasteiger partial charge is 0.483 e. The number of cyclic esters (lactones) is 1. The second-order valence-electron chi connectivity index (χ2n) is 15.0. The Kier molecular flexibility index (Phi) is 57.5. The fourth-order valence-corrected chi connectivity index (χ4v) is 7.00. The van der Waals surface area contributed by atoms with Crippen molar-refractivity contribution in [2.75, 3.05) is 54.6 Å². The summed E-state index contributed by atoms with van der Waals surface area (Å²) in [6.45, 7) is 30.0. The zero-order valence-electron chi connectivity index (χ0n) is 41.4. The minimum atomic E-state index is -0.693. The lowest BCUT2D eigenvalue weighted by atomic mass is 9.84. The van der Waals surface area contributed by atoms with E-state index < -0.39 is 18.3 Å². The lowest BCUT2D eigenvalue weighted by Gasteiger charge is -2.36. The topological polar surface area (TPSA) is 228 Å². The highest BCUT2D eigenvalue weighted by molar-refractivity contribution is 5.88. The molecule has 0 aliphatic carbocycles. The molecule has 0 aromatic rings. The smallest absolute Gasteiger partial charge is 0.311 e. The summed E-state index contributed by atoms with van der Waals surface area (Å²) in [5.41, 5.74) is 5.73. The van der Waals surface area contributed by atoms with E-state index in [9.17, 15) is 15.0 Å². The third kappa shape index (κ3) is 37.6. The molecule has 8 unspecified atom stereocenters. The number of hydrogen-bond donors (Lipinski definition) is 5.